The van der Waals surface area contributed by atoms with Crippen LogP contribution >= 0.6 is 0 Å². The van der Waals surface area contributed by atoms with E-state index < -0.39 is 0 Å². The first-order valence-corrected chi connectivity index (χ1v) is 4.19. The monoisotopic (exact) mass is 178 g/mol. The van der Waals surface area contributed by atoms with E-state index in [1.165, 1.54) is 0 Å². The highest BCUT2D eigenvalue weighted by atomic mass is 16.1. The van der Waals surface area contributed by atoms with Gasteiger partial charge in [-0.3, -0.25) is 4.79 Å². The average molecular weight is 178 g/mol. The number of carbonyl (C=O) groups is 1. The van der Waals surface area contributed by atoms with Crippen LogP contribution in [0.25, 0.3) is 0 Å². The molecule has 0 bridgehead atoms. The fourth-order valence-corrected chi connectivity index (χ4v) is 1.21. The van der Waals surface area contributed by atoms with Gasteiger partial charge in [0.05, 0.1) is 0 Å². The van der Waals surface area contributed by atoms with Gasteiger partial charge in [0, 0.05) is 13.5 Å². The predicted octanol–water partition coefficient (Wildman–Crippen LogP) is 1.95. The Balaban J connectivity index is 2.84. The Hall–Kier alpha value is -1.15. The van der Waals surface area contributed by atoms with Gasteiger partial charge < -0.3 is 4.90 Å². The van der Waals surface area contributed by atoms with E-state index in [-0.39, 0.29) is 12.7 Å². The smallest absolute Gasteiger partial charge is 0.159 e. The minimum Gasteiger partial charge on any atom is -0.305 e. The molecule has 0 aromatic heterocycles. The Kier molecular flexibility index (Phi) is 2.72. The molecule has 0 unspecified atom stereocenters. The van der Waals surface area contributed by atoms with Crippen LogP contribution < -0.4 is 0 Å². The van der Waals surface area contributed by atoms with E-state index in [0.29, 0.717) is 5.56 Å². The number of hydrogen-bond acceptors (Lipinski definition) is 2. The molecule has 0 N–H and O–H groups in total. The number of ketones is 1. The number of rotatable bonds is 3. The normalized spacial score (nSPS) is 11.5. The summed E-state index contributed by atoms with van der Waals surface area (Å²) in [5.41, 5.74) is 1.74. The number of carbonyl (C=O) groups excluding carboxylic acids is 1. The van der Waals surface area contributed by atoms with Crippen LogP contribution in [0.3, 0.4) is 0 Å². The zero-order valence-corrected chi connectivity index (χ0v) is 8.08. The van der Waals surface area contributed by atoms with Crippen LogP contribution in [0.5, 0.6) is 0 Å². The Morgan fingerprint density at radius 1 is 1.54 bits per heavy atom. The third-order valence-corrected chi connectivity index (χ3v) is 1.75. The van der Waals surface area contributed by atoms with E-state index >= 15 is 0 Å². The molecular formula is C11H15NO. The van der Waals surface area contributed by atoms with E-state index in [1.54, 1.807) is 6.07 Å². The number of nitrogens with zero attached hydrogens (tertiary/aromatic N) is 1. The lowest BCUT2D eigenvalue weighted by Crippen LogP contribution is -2.10. The summed E-state index contributed by atoms with van der Waals surface area (Å²) in [4.78, 5) is 13.3. The third-order valence-electron chi connectivity index (χ3n) is 1.75. The van der Waals surface area contributed by atoms with Crippen LogP contribution in [0.1, 0.15) is 24.2 Å². The summed E-state index contributed by atoms with van der Waals surface area (Å²) in [5.74, 6) is -0.120. The predicted molar refractivity (Wildman–Crippen MR) is 53.8 cm³/mol. The molecule has 0 saturated heterocycles. The topological polar surface area (TPSA) is 20.3 Å². The molecule has 0 heterocycles. The van der Waals surface area contributed by atoms with Crippen molar-refractivity contribution in [2.45, 2.75) is 13.4 Å². The quantitative estimate of drug-likeness (QED) is 0.659. The molecule has 0 aliphatic rings. The number of benzene rings is 1. The van der Waals surface area contributed by atoms with Crippen molar-refractivity contribution in [1.82, 2.24) is 4.90 Å². The minimum absolute atomic E-state index is 0.120. The van der Waals surface area contributed by atoms with Gasteiger partial charge in [0.25, 0.3) is 0 Å². The summed E-state index contributed by atoms with van der Waals surface area (Å²) in [6.45, 7) is 0.643. The Labute approximate surface area is 80.6 Å². The highest BCUT2D eigenvalue weighted by molar-refractivity contribution is 5.94. The first kappa shape index (κ1) is 8.45. The van der Waals surface area contributed by atoms with Crippen LogP contribution in [0.4, 0.5) is 0 Å². The van der Waals surface area contributed by atoms with Crippen LogP contribution in [0.15, 0.2) is 24.3 Å². The molecule has 1 aromatic rings. The zero-order valence-electron chi connectivity index (χ0n) is 9.08. The van der Waals surface area contributed by atoms with Crippen molar-refractivity contribution in [3.63, 3.8) is 0 Å². The molecule has 0 saturated carbocycles. The second-order valence-corrected chi connectivity index (χ2v) is 3.36. The van der Waals surface area contributed by atoms with Gasteiger partial charge in [-0.1, -0.05) is 18.2 Å². The van der Waals surface area contributed by atoms with Crippen molar-refractivity contribution >= 4 is 5.78 Å². The molecule has 0 spiro atoms. The molecular weight excluding hydrogens is 162 g/mol. The standard InChI is InChI=1S/C11H15NO/c1-9(13)11-6-4-5-10(7-11)8-12(2)3/h4-7H,8H2,1-3H3/i1D. The van der Waals surface area contributed by atoms with Crippen molar-refractivity contribution in [1.29, 1.82) is 0 Å². The average Bonchev–Trinajstić information content (AvgIpc) is 2.16. The maximum Gasteiger partial charge on any atom is 0.159 e. The van der Waals surface area contributed by atoms with Gasteiger partial charge in [-0.2, -0.15) is 0 Å². The molecule has 70 valence electrons. The molecule has 0 aliphatic heterocycles. The van der Waals surface area contributed by atoms with Crippen molar-refractivity contribution in [3.05, 3.63) is 35.4 Å². The van der Waals surface area contributed by atoms with E-state index in [0.717, 1.165) is 12.1 Å². The van der Waals surface area contributed by atoms with Crippen LogP contribution in [0.2, 0.25) is 0 Å². The van der Waals surface area contributed by atoms with E-state index in [1.807, 2.05) is 37.2 Å². The van der Waals surface area contributed by atoms with Crippen molar-refractivity contribution < 1.29 is 6.17 Å². The van der Waals surface area contributed by atoms with E-state index in [2.05, 4.69) is 0 Å². The molecule has 2 heteroatoms. The van der Waals surface area contributed by atoms with Gasteiger partial charge in [-0.15, -0.1) is 0 Å². The Morgan fingerprint density at radius 2 is 2.31 bits per heavy atom. The molecule has 2 nitrogen and oxygen atoms in total. The molecule has 1 aromatic carbocycles. The summed E-state index contributed by atoms with van der Waals surface area (Å²) in [6.07, 6.45) is 0. The molecule has 13 heavy (non-hydrogen) atoms. The summed E-state index contributed by atoms with van der Waals surface area (Å²) in [5, 5.41) is 0. The van der Waals surface area contributed by atoms with Crippen molar-refractivity contribution in [2.75, 3.05) is 14.1 Å². The van der Waals surface area contributed by atoms with E-state index in [9.17, 15) is 4.79 Å². The van der Waals surface area contributed by atoms with Gasteiger partial charge in [0.1, 0.15) is 0 Å². The second-order valence-electron chi connectivity index (χ2n) is 3.36. The lowest BCUT2D eigenvalue weighted by molar-refractivity contribution is 0.101. The van der Waals surface area contributed by atoms with Gasteiger partial charge in [0.15, 0.2) is 5.78 Å². The fraction of sp³-hybridized carbons (Fsp3) is 0.364. The van der Waals surface area contributed by atoms with Gasteiger partial charge in [-0.05, 0) is 32.6 Å². The molecule has 0 amide bonds. The Morgan fingerprint density at radius 3 is 2.92 bits per heavy atom. The summed E-state index contributed by atoms with van der Waals surface area (Å²) < 4.78 is 7.00. The van der Waals surface area contributed by atoms with Crippen molar-refractivity contribution in [3.8, 4) is 0 Å². The molecule has 0 radical (unpaired) electrons. The summed E-state index contributed by atoms with van der Waals surface area (Å²) in [6, 6.07) is 7.47. The molecule has 0 atom stereocenters. The van der Waals surface area contributed by atoms with Crippen LogP contribution in [-0.2, 0) is 6.54 Å². The SMILES string of the molecule is [2H]CC(=O)c1cccc(CN(C)C)c1. The lowest BCUT2D eigenvalue weighted by atomic mass is 10.1. The highest BCUT2D eigenvalue weighted by Crippen LogP contribution is 2.07. The maximum atomic E-state index is 11.3. The zero-order chi connectivity index (χ0) is 10.6. The van der Waals surface area contributed by atoms with Gasteiger partial charge in [0.2, 0.25) is 0 Å². The van der Waals surface area contributed by atoms with Crippen LogP contribution in [-0.4, -0.2) is 24.8 Å². The maximum absolute atomic E-state index is 11.3. The summed E-state index contributed by atoms with van der Waals surface area (Å²) in [7, 11) is 3.97. The summed E-state index contributed by atoms with van der Waals surface area (Å²) >= 11 is 0. The van der Waals surface area contributed by atoms with Gasteiger partial charge >= 0.3 is 0 Å². The van der Waals surface area contributed by atoms with Crippen molar-refractivity contribution in [2.24, 2.45) is 0 Å². The van der Waals surface area contributed by atoms with E-state index in [4.69, 9.17) is 1.37 Å². The first-order chi connectivity index (χ1) is 6.63. The molecule has 0 aliphatic carbocycles. The molecule has 1 rings (SSSR count). The molecule has 0 fully saturated rings. The van der Waals surface area contributed by atoms with Gasteiger partial charge in [-0.25, -0.2) is 0 Å². The largest absolute Gasteiger partial charge is 0.305 e. The number of Topliss-reactive ketones (excluding diaryl/α,β-unsaturated/α-hetero) is 1. The minimum atomic E-state index is -0.175. The number of hydrogen-bond donors (Lipinski definition) is 0. The Bertz CT molecular complexity index is 323. The highest BCUT2D eigenvalue weighted by Gasteiger charge is 2.00. The third kappa shape index (κ3) is 2.99. The second kappa shape index (κ2) is 4.19. The lowest BCUT2D eigenvalue weighted by Gasteiger charge is -2.09. The van der Waals surface area contributed by atoms with Crippen LogP contribution in [0, 0.1) is 0 Å². The fourth-order valence-electron chi connectivity index (χ4n) is 1.21. The first-order valence-electron chi connectivity index (χ1n) is 4.90.